The lowest BCUT2D eigenvalue weighted by Crippen LogP contribution is -2.54. The van der Waals surface area contributed by atoms with E-state index in [9.17, 15) is 9.90 Å². The first-order valence-corrected chi connectivity index (χ1v) is 5.28. The Balaban J connectivity index is 2.13. The van der Waals surface area contributed by atoms with Crippen LogP contribution in [0.4, 0.5) is 0 Å². The number of hydrogen-bond donors (Lipinski definition) is 2. The highest BCUT2D eigenvalue weighted by molar-refractivity contribution is 5.80. The molecule has 3 fully saturated rings. The maximum absolute atomic E-state index is 11.8. The zero-order valence-electron chi connectivity index (χ0n) is 8.86. The molecular weight excluding hydrogens is 198 g/mol. The minimum Gasteiger partial charge on any atom is -0.465 e. The molecule has 3 N–H and O–H groups in total. The van der Waals surface area contributed by atoms with Crippen LogP contribution >= 0.6 is 0 Å². The van der Waals surface area contributed by atoms with Gasteiger partial charge >= 0.3 is 5.97 Å². The van der Waals surface area contributed by atoms with Crippen LogP contribution in [0.3, 0.4) is 0 Å². The smallest absolute Gasteiger partial charge is 0.315 e. The number of ether oxygens (including phenoxy) is 2. The lowest BCUT2D eigenvalue weighted by atomic mass is 9.60. The van der Waals surface area contributed by atoms with Crippen molar-refractivity contribution < 1.29 is 19.4 Å². The number of carbonyl (C=O) groups is 1. The summed E-state index contributed by atoms with van der Waals surface area (Å²) in [6, 6.07) is 0. The van der Waals surface area contributed by atoms with Crippen molar-refractivity contribution in [1.29, 1.82) is 0 Å². The van der Waals surface area contributed by atoms with E-state index in [-0.39, 0.29) is 18.2 Å². The van der Waals surface area contributed by atoms with Crippen LogP contribution < -0.4 is 5.73 Å². The molecule has 15 heavy (non-hydrogen) atoms. The van der Waals surface area contributed by atoms with E-state index in [2.05, 4.69) is 0 Å². The van der Waals surface area contributed by atoms with Crippen LogP contribution in [0, 0.1) is 5.41 Å². The summed E-state index contributed by atoms with van der Waals surface area (Å²) in [4.78, 5) is 11.8. The van der Waals surface area contributed by atoms with Crippen molar-refractivity contribution in [2.75, 3.05) is 19.8 Å². The number of aliphatic hydroxyl groups excluding tert-OH is 1. The number of esters is 1. The van der Waals surface area contributed by atoms with Crippen molar-refractivity contribution >= 4 is 5.97 Å². The van der Waals surface area contributed by atoms with Gasteiger partial charge in [-0.05, 0) is 19.8 Å². The van der Waals surface area contributed by atoms with Gasteiger partial charge in [-0.25, -0.2) is 0 Å². The third-order valence-electron chi connectivity index (χ3n) is 3.50. The van der Waals surface area contributed by atoms with Crippen LogP contribution in [0.2, 0.25) is 0 Å². The Kier molecular flexibility index (Phi) is 2.48. The average molecular weight is 215 g/mol. The molecule has 5 nitrogen and oxygen atoms in total. The molecule has 0 aromatic rings. The van der Waals surface area contributed by atoms with E-state index in [1.165, 1.54) is 0 Å². The second-order valence-electron chi connectivity index (χ2n) is 4.41. The predicted molar refractivity (Wildman–Crippen MR) is 52.0 cm³/mol. The van der Waals surface area contributed by atoms with Gasteiger partial charge in [-0.1, -0.05) is 0 Å². The topological polar surface area (TPSA) is 81.8 Å². The van der Waals surface area contributed by atoms with Crippen molar-refractivity contribution in [3.63, 3.8) is 0 Å². The summed E-state index contributed by atoms with van der Waals surface area (Å²) >= 11 is 0. The fourth-order valence-electron chi connectivity index (χ4n) is 2.78. The largest absolute Gasteiger partial charge is 0.465 e. The van der Waals surface area contributed by atoms with Gasteiger partial charge in [-0.2, -0.15) is 0 Å². The predicted octanol–water partition coefficient (Wildman–Crippen LogP) is -0.582. The van der Waals surface area contributed by atoms with Gasteiger partial charge in [0, 0.05) is 6.54 Å². The lowest BCUT2D eigenvalue weighted by molar-refractivity contribution is -0.162. The van der Waals surface area contributed by atoms with Crippen molar-refractivity contribution in [1.82, 2.24) is 0 Å². The zero-order chi connectivity index (χ0) is 11.1. The summed E-state index contributed by atoms with van der Waals surface area (Å²) in [7, 11) is 0. The maximum atomic E-state index is 11.8. The Morgan fingerprint density at radius 1 is 1.67 bits per heavy atom. The minimum atomic E-state index is -0.635. The van der Waals surface area contributed by atoms with E-state index >= 15 is 0 Å². The summed E-state index contributed by atoms with van der Waals surface area (Å²) in [5.74, 6) is -0.259. The molecule has 0 radical (unpaired) electrons. The minimum absolute atomic E-state index is 0.152. The number of rotatable bonds is 4. The second kappa shape index (κ2) is 3.43. The molecule has 86 valence electrons. The van der Waals surface area contributed by atoms with Gasteiger partial charge in [0.25, 0.3) is 0 Å². The summed E-state index contributed by atoms with van der Waals surface area (Å²) in [5.41, 5.74) is 4.57. The molecule has 2 saturated heterocycles. The normalized spacial score (nSPS) is 42.5. The molecule has 3 aliphatic rings. The van der Waals surface area contributed by atoms with E-state index in [1.807, 2.05) is 0 Å². The summed E-state index contributed by atoms with van der Waals surface area (Å²) in [6.45, 7) is 2.37. The van der Waals surface area contributed by atoms with Gasteiger partial charge in [0.15, 0.2) is 0 Å². The fourth-order valence-corrected chi connectivity index (χ4v) is 2.78. The molecule has 1 saturated carbocycles. The van der Waals surface area contributed by atoms with E-state index < -0.39 is 11.5 Å². The Bertz CT molecular complexity index is 273. The van der Waals surface area contributed by atoms with Gasteiger partial charge in [-0.15, -0.1) is 0 Å². The molecule has 2 bridgehead atoms. The van der Waals surface area contributed by atoms with Crippen LogP contribution in [0.25, 0.3) is 0 Å². The molecular formula is C10H17NO4. The molecule has 5 heteroatoms. The quantitative estimate of drug-likeness (QED) is 0.613. The Hall–Kier alpha value is -0.650. The molecule has 0 amide bonds. The number of aliphatic hydroxyl groups is 1. The molecule has 0 spiro atoms. The number of carbonyl (C=O) groups excluding carboxylic acids is 1. The standard InChI is InChI=1S/C10H17NO4/c1-2-14-8(13)10-4-9(5-10,6-11)15-7(10)3-12/h7,12H,2-6,11H2,1H3. The second-order valence-corrected chi connectivity index (χ2v) is 4.41. The van der Waals surface area contributed by atoms with Crippen LogP contribution in [0.15, 0.2) is 0 Å². The SMILES string of the molecule is CCOC(=O)C12CC(CN)(C1)OC2CO. The van der Waals surface area contributed by atoms with Gasteiger partial charge in [-0.3, -0.25) is 4.79 Å². The van der Waals surface area contributed by atoms with E-state index in [0.29, 0.717) is 26.0 Å². The molecule has 0 aromatic heterocycles. The van der Waals surface area contributed by atoms with Gasteiger partial charge < -0.3 is 20.3 Å². The first-order chi connectivity index (χ1) is 7.12. The highest BCUT2D eigenvalue weighted by Crippen LogP contribution is 2.61. The number of hydrogen-bond acceptors (Lipinski definition) is 5. The molecule has 1 aliphatic carbocycles. The van der Waals surface area contributed by atoms with E-state index in [1.54, 1.807) is 6.92 Å². The molecule has 1 atom stereocenters. The Morgan fingerprint density at radius 3 is 2.80 bits per heavy atom. The van der Waals surface area contributed by atoms with Crippen molar-refractivity contribution in [2.45, 2.75) is 31.5 Å². The lowest BCUT2D eigenvalue weighted by Gasteiger charge is -2.42. The molecule has 3 rings (SSSR count). The van der Waals surface area contributed by atoms with E-state index in [4.69, 9.17) is 15.2 Å². The van der Waals surface area contributed by atoms with Crippen molar-refractivity contribution in [3.05, 3.63) is 0 Å². The summed E-state index contributed by atoms with van der Waals surface area (Å²) in [6.07, 6.45) is 0.723. The van der Waals surface area contributed by atoms with Crippen LogP contribution in [0.5, 0.6) is 0 Å². The fraction of sp³-hybridized carbons (Fsp3) is 0.900. The highest BCUT2D eigenvalue weighted by atomic mass is 16.6. The first kappa shape index (κ1) is 10.9. The monoisotopic (exact) mass is 215 g/mol. The third kappa shape index (κ3) is 1.30. The number of nitrogens with two attached hydrogens (primary N) is 1. The summed E-state index contributed by atoms with van der Waals surface area (Å²) in [5, 5.41) is 9.18. The Morgan fingerprint density at radius 2 is 2.33 bits per heavy atom. The molecule has 2 aliphatic heterocycles. The van der Waals surface area contributed by atoms with Gasteiger partial charge in [0.05, 0.1) is 24.9 Å². The van der Waals surface area contributed by atoms with Gasteiger partial charge in [0.1, 0.15) is 5.41 Å². The van der Waals surface area contributed by atoms with Crippen LogP contribution in [-0.4, -0.2) is 42.5 Å². The van der Waals surface area contributed by atoms with Crippen molar-refractivity contribution in [3.8, 4) is 0 Å². The number of fused-ring (bicyclic) bond motifs is 1. The molecule has 0 aromatic carbocycles. The van der Waals surface area contributed by atoms with Crippen molar-refractivity contribution in [2.24, 2.45) is 11.1 Å². The highest BCUT2D eigenvalue weighted by Gasteiger charge is 2.71. The first-order valence-electron chi connectivity index (χ1n) is 5.28. The Labute approximate surface area is 88.5 Å². The van der Waals surface area contributed by atoms with E-state index in [0.717, 1.165) is 0 Å². The van der Waals surface area contributed by atoms with Crippen LogP contribution in [-0.2, 0) is 14.3 Å². The van der Waals surface area contributed by atoms with Gasteiger partial charge in [0.2, 0.25) is 0 Å². The summed E-state index contributed by atoms with van der Waals surface area (Å²) < 4.78 is 10.6. The van der Waals surface area contributed by atoms with Crippen LogP contribution in [0.1, 0.15) is 19.8 Å². The maximum Gasteiger partial charge on any atom is 0.315 e. The third-order valence-corrected chi connectivity index (χ3v) is 3.50. The zero-order valence-corrected chi connectivity index (χ0v) is 8.86. The average Bonchev–Trinajstić information content (AvgIpc) is 2.67. The molecule has 1 unspecified atom stereocenters. The molecule has 2 heterocycles.